The minimum absolute atomic E-state index is 0.0251. The van der Waals surface area contributed by atoms with E-state index >= 15 is 0 Å². The number of rotatable bonds is 1. The third kappa shape index (κ3) is 1.41. The summed E-state index contributed by atoms with van der Waals surface area (Å²) in [5, 5.41) is 0. The van der Waals surface area contributed by atoms with Crippen molar-refractivity contribution < 1.29 is 2.74 Å². The summed E-state index contributed by atoms with van der Waals surface area (Å²) >= 11 is 3.33. The molecule has 0 spiro atoms. The molecule has 1 N–H and O–H groups in total. The largest absolute Gasteiger partial charge is 0.345 e. The molecule has 0 bridgehead atoms. The average Bonchev–Trinajstić information content (AvgIpc) is 2.48. The van der Waals surface area contributed by atoms with Crippen molar-refractivity contribution >= 4 is 15.9 Å². The smallest absolute Gasteiger partial charge is 0.137 e. The van der Waals surface area contributed by atoms with E-state index < -0.39 is 0 Å². The molecule has 0 aliphatic rings. The molecule has 0 saturated heterocycles. The zero-order valence-corrected chi connectivity index (χ0v) is 7.72. The molecule has 12 heavy (non-hydrogen) atoms. The van der Waals surface area contributed by atoms with E-state index in [0.717, 1.165) is 10.0 Å². The van der Waals surface area contributed by atoms with Crippen LogP contribution in [0.4, 0.5) is 0 Å². The summed E-state index contributed by atoms with van der Waals surface area (Å²) in [6.45, 7) is 0. The Bertz CT molecular complexity index is 431. The molecule has 2 aromatic rings. The molecule has 60 valence electrons. The Morgan fingerprint density at radius 3 is 2.67 bits per heavy atom. The van der Waals surface area contributed by atoms with Gasteiger partial charge in [0.1, 0.15) is 5.82 Å². The van der Waals surface area contributed by atoms with Gasteiger partial charge in [-0.3, -0.25) is 0 Å². The highest BCUT2D eigenvalue weighted by atomic mass is 79.9. The van der Waals surface area contributed by atoms with E-state index in [1.807, 2.05) is 24.3 Å². The number of H-pyrrole nitrogens is 1. The Hall–Kier alpha value is -1.09. The first-order chi connectivity index (χ1) is 6.66. The topological polar surface area (TPSA) is 28.7 Å². The maximum Gasteiger partial charge on any atom is 0.137 e. The van der Waals surface area contributed by atoms with E-state index in [2.05, 4.69) is 25.9 Å². The van der Waals surface area contributed by atoms with Gasteiger partial charge in [0, 0.05) is 22.4 Å². The van der Waals surface area contributed by atoms with Crippen LogP contribution in [-0.2, 0) is 0 Å². The number of benzene rings is 1. The molecule has 2 nitrogen and oxygen atoms in total. The fraction of sp³-hybridized carbons (Fsp3) is 0. The summed E-state index contributed by atoms with van der Waals surface area (Å²) in [6, 6.07) is 7.54. The van der Waals surface area contributed by atoms with Gasteiger partial charge in [0.05, 0.1) is 2.74 Å². The molecule has 3 heteroatoms. The first kappa shape index (κ1) is 5.54. The molecule has 0 amide bonds. The monoisotopic (exact) mass is 224 g/mol. The maximum atomic E-state index is 7.32. The second-order valence-corrected chi connectivity index (χ2v) is 3.24. The molecule has 1 heterocycles. The van der Waals surface area contributed by atoms with Gasteiger partial charge in [0.15, 0.2) is 0 Å². The lowest BCUT2D eigenvalue weighted by Gasteiger charge is -1.95. The van der Waals surface area contributed by atoms with Crippen LogP contribution in [-0.4, -0.2) is 9.97 Å². The van der Waals surface area contributed by atoms with Crippen LogP contribution in [0.1, 0.15) is 2.74 Å². The van der Waals surface area contributed by atoms with Gasteiger partial charge in [-0.05, 0) is 12.1 Å². The van der Waals surface area contributed by atoms with Crippen molar-refractivity contribution in [1.82, 2.24) is 9.97 Å². The van der Waals surface area contributed by atoms with Gasteiger partial charge < -0.3 is 4.98 Å². The fourth-order valence-corrected chi connectivity index (χ4v) is 1.21. The van der Waals surface area contributed by atoms with Crippen molar-refractivity contribution in [2.45, 2.75) is 0 Å². The first-order valence-electron chi connectivity index (χ1n) is 4.46. The molecule has 1 aromatic heterocycles. The van der Waals surface area contributed by atoms with Crippen LogP contribution in [0.2, 0.25) is 0 Å². The van der Waals surface area contributed by atoms with Crippen LogP contribution < -0.4 is 0 Å². The zero-order chi connectivity index (χ0) is 10.1. The highest BCUT2D eigenvalue weighted by Gasteiger charge is 1.97. The number of aromatic amines is 1. The third-order valence-corrected chi connectivity index (χ3v) is 2.05. The molecule has 0 saturated carbocycles. The van der Waals surface area contributed by atoms with Gasteiger partial charge in [-0.2, -0.15) is 0 Å². The standard InChI is InChI=1S/C9H7BrN2/c10-8-3-1-7(2-4-8)9-11-5-6-12-9/h1-6H,(H,11,12)/i5D,6D. The maximum absolute atomic E-state index is 7.32. The Labute approximate surface area is 81.6 Å². The molecular formula is C9H7BrN2. The predicted octanol–water partition coefficient (Wildman–Crippen LogP) is 2.84. The van der Waals surface area contributed by atoms with E-state index in [1.54, 1.807) is 0 Å². The Kier molecular flexibility index (Phi) is 1.43. The van der Waals surface area contributed by atoms with E-state index in [9.17, 15) is 0 Å². The molecule has 0 atom stereocenters. The molecule has 0 unspecified atom stereocenters. The first-order valence-corrected chi connectivity index (χ1v) is 4.25. The van der Waals surface area contributed by atoms with Crippen molar-refractivity contribution in [3.05, 3.63) is 41.1 Å². The SMILES string of the molecule is [2H]c1nc(-c2ccc(Br)cc2)[nH]c1[2H]. The van der Waals surface area contributed by atoms with Gasteiger partial charge >= 0.3 is 0 Å². The van der Waals surface area contributed by atoms with Gasteiger partial charge in [-0.1, -0.05) is 28.1 Å². The number of halogens is 1. The quantitative estimate of drug-likeness (QED) is 0.794. The molecule has 0 aliphatic heterocycles. The highest BCUT2D eigenvalue weighted by molar-refractivity contribution is 9.10. The lowest BCUT2D eigenvalue weighted by atomic mass is 10.2. The Morgan fingerprint density at radius 2 is 2.08 bits per heavy atom. The minimum Gasteiger partial charge on any atom is -0.345 e. The predicted molar refractivity (Wildman–Crippen MR) is 51.7 cm³/mol. The molecule has 0 fully saturated rings. The number of nitrogens with zero attached hydrogens (tertiary/aromatic N) is 1. The van der Waals surface area contributed by atoms with E-state index in [4.69, 9.17) is 2.74 Å². The van der Waals surface area contributed by atoms with Crippen LogP contribution in [0.3, 0.4) is 0 Å². The zero-order valence-electron chi connectivity index (χ0n) is 8.13. The molecule has 0 radical (unpaired) electrons. The summed E-state index contributed by atoms with van der Waals surface area (Å²) in [7, 11) is 0. The summed E-state index contributed by atoms with van der Waals surface area (Å²) in [5.74, 6) is 0.563. The van der Waals surface area contributed by atoms with Crippen LogP contribution >= 0.6 is 15.9 Å². The number of hydrogen-bond donors (Lipinski definition) is 1. The van der Waals surface area contributed by atoms with Crippen LogP contribution in [0.25, 0.3) is 11.4 Å². The van der Waals surface area contributed by atoms with Gasteiger partial charge in [0.25, 0.3) is 0 Å². The van der Waals surface area contributed by atoms with Crippen molar-refractivity contribution in [2.75, 3.05) is 0 Å². The van der Waals surface area contributed by atoms with Crippen molar-refractivity contribution in [3.8, 4) is 11.4 Å². The fourth-order valence-electron chi connectivity index (χ4n) is 0.943. The second kappa shape index (κ2) is 3.11. The van der Waals surface area contributed by atoms with E-state index in [-0.39, 0.29) is 12.3 Å². The van der Waals surface area contributed by atoms with Crippen molar-refractivity contribution in [3.63, 3.8) is 0 Å². The third-order valence-electron chi connectivity index (χ3n) is 1.52. The minimum atomic E-state index is -0.0251. The number of hydrogen-bond acceptors (Lipinski definition) is 1. The van der Waals surface area contributed by atoms with Crippen LogP contribution in [0.5, 0.6) is 0 Å². The number of aromatic nitrogens is 2. The molecule has 0 aliphatic carbocycles. The van der Waals surface area contributed by atoms with Gasteiger partial charge in [-0.15, -0.1) is 0 Å². The Balaban J connectivity index is 2.44. The van der Waals surface area contributed by atoms with Crippen molar-refractivity contribution in [1.29, 1.82) is 0 Å². The Morgan fingerprint density at radius 1 is 1.33 bits per heavy atom. The average molecular weight is 225 g/mol. The summed E-state index contributed by atoms with van der Waals surface area (Å²) in [6.07, 6.45) is 0.0193. The summed E-state index contributed by atoms with van der Waals surface area (Å²) in [4.78, 5) is 6.65. The van der Waals surface area contributed by atoms with Crippen LogP contribution in [0, 0.1) is 0 Å². The molecule has 1 aromatic carbocycles. The number of imidazole rings is 1. The van der Waals surface area contributed by atoms with Gasteiger partial charge in [0.2, 0.25) is 0 Å². The lowest BCUT2D eigenvalue weighted by Crippen LogP contribution is -1.78. The van der Waals surface area contributed by atoms with Gasteiger partial charge in [-0.25, -0.2) is 4.98 Å². The molecule has 2 rings (SSSR count). The molecular weight excluding hydrogens is 216 g/mol. The normalized spacial score (nSPS) is 12.4. The lowest BCUT2D eigenvalue weighted by molar-refractivity contribution is 1.31. The summed E-state index contributed by atoms with van der Waals surface area (Å²) < 4.78 is 15.6. The number of nitrogens with one attached hydrogen (secondary N) is 1. The second-order valence-electron chi connectivity index (χ2n) is 2.33. The van der Waals surface area contributed by atoms with Crippen molar-refractivity contribution in [2.24, 2.45) is 0 Å². The highest BCUT2D eigenvalue weighted by Crippen LogP contribution is 2.17. The van der Waals surface area contributed by atoms with E-state index in [0.29, 0.717) is 5.82 Å². The summed E-state index contributed by atoms with van der Waals surface area (Å²) in [5.41, 5.74) is 0.875. The van der Waals surface area contributed by atoms with E-state index in [1.165, 1.54) is 0 Å². The van der Waals surface area contributed by atoms with Crippen LogP contribution in [0.15, 0.2) is 41.1 Å².